The van der Waals surface area contributed by atoms with Gasteiger partial charge in [0.1, 0.15) is 0 Å². The van der Waals surface area contributed by atoms with Crippen LogP contribution in [0.5, 0.6) is 0 Å². The highest BCUT2D eigenvalue weighted by Crippen LogP contribution is 2.24. The third kappa shape index (κ3) is 1.87. The van der Waals surface area contributed by atoms with Gasteiger partial charge in [0.2, 0.25) is 0 Å². The molecule has 0 atom stereocenters. The first kappa shape index (κ1) is 11.9. The Hall–Kier alpha value is -1.61. The zero-order chi connectivity index (χ0) is 12.6. The van der Waals surface area contributed by atoms with Crippen molar-refractivity contribution in [2.45, 2.75) is 19.7 Å². The van der Waals surface area contributed by atoms with E-state index in [2.05, 4.69) is 4.98 Å². The largest absolute Gasteiger partial charge is 0.321 e. The van der Waals surface area contributed by atoms with Crippen molar-refractivity contribution in [1.82, 2.24) is 4.98 Å². The van der Waals surface area contributed by atoms with Crippen LogP contribution in [0.15, 0.2) is 16.9 Å². The van der Waals surface area contributed by atoms with Gasteiger partial charge in [0, 0.05) is 5.88 Å². The zero-order valence-corrected chi connectivity index (χ0v) is 10.4. The highest BCUT2D eigenvalue weighted by molar-refractivity contribution is 6.17. The lowest BCUT2D eigenvalue weighted by Crippen LogP contribution is -2.12. The molecule has 1 heterocycles. The molecule has 0 bridgehead atoms. The predicted molar refractivity (Wildman–Crippen MR) is 69.0 cm³/mol. The lowest BCUT2D eigenvalue weighted by molar-refractivity contribution is 0.112. The van der Waals surface area contributed by atoms with E-state index in [1.807, 2.05) is 19.9 Å². The number of aromatic nitrogens is 1. The highest BCUT2D eigenvalue weighted by Gasteiger charge is 2.09. The summed E-state index contributed by atoms with van der Waals surface area (Å²) in [6.07, 6.45) is 0.568. The van der Waals surface area contributed by atoms with Gasteiger partial charge in [-0.2, -0.15) is 0 Å². The van der Waals surface area contributed by atoms with Gasteiger partial charge in [0.05, 0.1) is 11.1 Å². The van der Waals surface area contributed by atoms with E-state index in [1.54, 1.807) is 6.07 Å². The van der Waals surface area contributed by atoms with Gasteiger partial charge in [-0.15, -0.1) is 11.6 Å². The molecule has 0 spiro atoms. The quantitative estimate of drug-likeness (QED) is 0.657. The lowest BCUT2D eigenvalue weighted by atomic mass is 9.99. The summed E-state index contributed by atoms with van der Waals surface area (Å²) in [4.78, 5) is 25.0. The molecule has 0 unspecified atom stereocenters. The maximum Gasteiger partial charge on any atom is 0.259 e. The first-order chi connectivity index (χ1) is 8.08. The third-order valence-electron chi connectivity index (χ3n) is 3.04. The fourth-order valence-corrected chi connectivity index (χ4v) is 2.46. The molecule has 2 rings (SSSR count). The summed E-state index contributed by atoms with van der Waals surface area (Å²) in [5, 5.41) is 0.857. The van der Waals surface area contributed by atoms with Crippen molar-refractivity contribution >= 4 is 28.8 Å². The Morgan fingerprint density at radius 1 is 1.35 bits per heavy atom. The highest BCUT2D eigenvalue weighted by atomic mass is 35.5. The molecule has 3 nitrogen and oxygen atoms in total. The first-order valence-electron chi connectivity index (χ1n) is 5.25. The molecule has 0 saturated heterocycles. The summed E-state index contributed by atoms with van der Waals surface area (Å²) in [7, 11) is 0. The first-order valence-corrected chi connectivity index (χ1v) is 5.79. The Labute approximate surface area is 103 Å². The molecule has 1 N–H and O–H groups in total. The summed E-state index contributed by atoms with van der Waals surface area (Å²) in [6.45, 7) is 3.89. The standard InChI is InChI=1S/C13H12ClNO2/c1-7-3-9-4-10(6-16)13(17)15-12(9)8(2)11(7)5-14/h3-4,6H,5H2,1-2H3,(H,15,17). The van der Waals surface area contributed by atoms with Gasteiger partial charge in [-0.3, -0.25) is 9.59 Å². The maximum atomic E-state index is 11.6. The number of rotatable bonds is 2. The van der Waals surface area contributed by atoms with E-state index in [-0.39, 0.29) is 11.1 Å². The molecular weight excluding hydrogens is 238 g/mol. The molecule has 0 saturated carbocycles. The van der Waals surface area contributed by atoms with Crippen molar-refractivity contribution in [3.8, 4) is 0 Å². The van der Waals surface area contributed by atoms with E-state index < -0.39 is 0 Å². The average Bonchev–Trinajstić information content (AvgIpc) is 2.30. The second kappa shape index (κ2) is 4.34. The molecule has 1 aromatic heterocycles. The van der Waals surface area contributed by atoms with Crippen LogP contribution >= 0.6 is 11.6 Å². The minimum Gasteiger partial charge on any atom is -0.321 e. The number of aromatic amines is 1. The summed E-state index contributed by atoms with van der Waals surface area (Å²) in [6, 6.07) is 3.54. The molecule has 4 heteroatoms. The summed E-state index contributed by atoms with van der Waals surface area (Å²) < 4.78 is 0. The normalized spacial score (nSPS) is 10.8. The van der Waals surface area contributed by atoms with Crippen LogP contribution in [0.25, 0.3) is 10.9 Å². The fraction of sp³-hybridized carbons (Fsp3) is 0.231. The van der Waals surface area contributed by atoms with Crippen LogP contribution in [0.3, 0.4) is 0 Å². The number of halogens is 1. The Kier molecular flexibility index (Phi) is 3.03. The molecule has 0 aliphatic heterocycles. The van der Waals surface area contributed by atoms with Crippen molar-refractivity contribution in [2.24, 2.45) is 0 Å². The molecule has 17 heavy (non-hydrogen) atoms. The number of carbonyl (C=O) groups excluding carboxylic acids is 1. The minimum absolute atomic E-state index is 0.148. The van der Waals surface area contributed by atoms with Crippen LogP contribution in [-0.2, 0) is 5.88 Å². The number of carbonyl (C=O) groups is 1. The van der Waals surface area contributed by atoms with Gasteiger partial charge < -0.3 is 4.98 Å². The second-order valence-corrected chi connectivity index (χ2v) is 4.33. The molecule has 0 fully saturated rings. The van der Waals surface area contributed by atoms with Crippen LogP contribution in [-0.4, -0.2) is 11.3 Å². The number of aryl methyl sites for hydroxylation is 2. The SMILES string of the molecule is Cc1cc2cc(C=O)c(=O)[nH]c2c(C)c1CCl. The van der Waals surface area contributed by atoms with Gasteiger partial charge in [0.15, 0.2) is 6.29 Å². The predicted octanol–water partition coefficient (Wildman–Crippen LogP) is 2.70. The number of fused-ring (bicyclic) bond motifs is 1. The number of hydrogen-bond donors (Lipinski definition) is 1. The molecule has 88 valence electrons. The number of alkyl halides is 1. The molecular formula is C13H12ClNO2. The van der Waals surface area contributed by atoms with Gasteiger partial charge in [-0.05, 0) is 48.1 Å². The fourth-order valence-electron chi connectivity index (χ4n) is 2.05. The number of benzene rings is 1. The number of nitrogens with one attached hydrogen (secondary N) is 1. The molecule has 2 aromatic rings. The van der Waals surface area contributed by atoms with Crippen LogP contribution in [0, 0.1) is 13.8 Å². The van der Waals surface area contributed by atoms with Gasteiger partial charge in [-0.25, -0.2) is 0 Å². The van der Waals surface area contributed by atoms with Gasteiger partial charge >= 0.3 is 0 Å². The topological polar surface area (TPSA) is 49.9 Å². The number of hydrogen-bond acceptors (Lipinski definition) is 2. The van der Waals surface area contributed by atoms with E-state index in [1.165, 1.54) is 0 Å². The van der Waals surface area contributed by atoms with Gasteiger partial charge in [0.25, 0.3) is 5.56 Å². The monoisotopic (exact) mass is 249 g/mol. The summed E-state index contributed by atoms with van der Waals surface area (Å²) in [5.41, 5.74) is 3.59. The molecule has 0 amide bonds. The number of pyridine rings is 1. The third-order valence-corrected chi connectivity index (χ3v) is 3.30. The smallest absolute Gasteiger partial charge is 0.259 e. The van der Waals surface area contributed by atoms with E-state index in [0.717, 1.165) is 27.6 Å². The molecule has 1 aromatic carbocycles. The van der Waals surface area contributed by atoms with Crippen LogP contribution in [0.1, 0.15) is 27.0 Å². The van der Waals surface area contributed by atoms with Crippen molar-refractivity contribution in [1.29, 1.82) is 0 Å². The van der Waals surface area contributed by atoms with Crippen molar-refractivity contribution in [3.05, 3.63) is 44.7 Å². The van der Waals surface area contributed by atoms with E-state index in [9.17, 15) is 9.59 Å². The minimum atomic E-state index is -0.361. The van der Waals surface area contributed by atoms with Crippen molar-refractivity contribution < 1.29 is 4.79 Å². The van der Waals surface area contributed by atoms with Crippen LogP contribution in [0.2, 0.25) is 0 Å². The Morgan fingerprint density at radius 2 is 2.06 bits per heavy atom. The van der Waals surface area contributed by atoms with Gasteiger partial charge in [-0.1, -0.05) is 0 Å². The summed E-state index contributed by atoms with van der Waals surface area (Å²) >= 11 is 5.89. The average molecular weight is 250 g/mol. The Balaban J connectivity index is 2.92. The van der Waals surface area contributed by atoms with Crippen LogP contribution < -0.4 is 5.56 Å². The van der Waals surface area contributed by atoms with Crippen molar-refractivity contribution in [3.63, 3.8) is 0 Å². The maximum absolute atomic E-state index is 11.6. The molecule has 0 aliphatic rings. The van der Waals surface area contributed by atoms with Crippen LogP contribution in [0.4, 0.5) is 0 Å². The number of H-pyrrole nitrogens is 1. The Morgan fingerprint density at radius 3 is 2.65 bits per heavy atom. The second-order valence-electron chi connectivity index (χ2n) is 4.07. The van der Waals surface area contributed by atoms with E-state index in [4.69, 9.17) is 11.6 Å². The Bertz CT molecular complexity index is 658. The van der Waals surface area contributed by atoms with Crippen molar-refractivity contribution in [2.75, 3.05) is 0 Å². The van der Waals surface area contributed by atoms with E-state index in [0.29, 0.717) is 12.2 Å². The summed E-state index contributed by atoms with van der Waals surface area (Å²) in [5.74, 6) is 0.408. The molecule has 0 radical (unpaired) electrons. The number of aldehydes is 1. The molecule has 0 aliphatic carbocycles. The van der Waals surface area contributed by atoms with E-state index >= 15 is 0 Å². The zero-order valence-electron chi connectivity index (χ0n) is 9.63. The lowest BCUT2D eigenvalue weighted by Gasteiger charge is -2.10.